The summed E-state index contributed by atoms with van der Waals surface area (Å²) in [6.45, 7) is 0. The number of hydrogen-bond acceptors (Lipinski definition) is 6. The highest BCUT2D eigenvalue weighted by atomic mass is 32.1. The smallest absolute Gasteiger partial charge is 0.306 e. The van der Waals surface area contributed by atoms with E-state index in [4.69, 9.17) is 0 Å². The first-order valence-corrected chi connectivity index (χ1v) is 9.91. The van der Waals surface area contributed by atoms with Gasteiger partial charge < -0.3 is 4.98 Å². The Bertz CT molecular complexity index is 1350. The van der Waals surface area contributed by atoms with Crippen LogP contribution >= 0.6 is 11.3 Å². The van der Waals surface area contributed by atoms with Gasteiger partial charge in [-0.15, -0.1) is 10.2 Å². The summed E-state index contributed by atoms with van der Waals surface area (Å²) in [5.74, 6) is 0.0918. The van der Waals surface area contributed by atoms with Crippen LogP contribution in [0, 0.1) is 0 Å². The second-order valence-corrected chi connectivity index (χ2v) is 7.85. The van der Waals surface area contributed by atoms with Gasteiger partial charge in [0.15, 0.2) is 0 Å². The Morgan fingerprint density at radius 1 is 1.10 bits per heavy atom. The third-order valence-electron chi connectivity index (χ3n) is 4.76. The number of aromatic amines is 1. The third kappa shape index (κ3) is 3.25. The lowest BCUT2D eigenvalue weighted by Gasteiger charge is -2.07. The zero-order valence-corrected chi connectivity index (χ0v) is 15.9. The van der Waals surface area contributed by atoms with Crippen molar-refractivity contribution in [2.75, 3.05) is 5.32 Å². The molecule has 0 saturated heterocycles. The molecule has 2 aromatic heterocycles. The summed E-state index contributed by atoms with van der Waals surface area (Å²) in [7, 11) is 0. The number of hydrogen-bond donors (Lipinski definition) is 2. The van der Waals surface area contributed by atoms with E-state index in [1.54, 1.807) is 36.4 Å². The number of para-hydroxylation sites is 1. The fourth-order valence-electron chi connectivity index (χ4n) is 3.12. The van der Waals surface area contributed by atoms with Crippen molar-refractivity contribution in [2.45, 2.75) is 18.8 Å². The van der Waals surface area contributed by atoms with Crippen LogP contribution in [0.5, 0.6) is 0 Å². The van der Waals surface area contributed by atoms with Gasteiger partial charge in [-0.05, 0) is 43.2 Å². The van der Waals surface area contributed by atoms with Crippen molar-refractivity contribution in [1.29, 1.82) is 0 Å². The van der Waals surface area contributed by atoms with Crippen molar-refractivity contribution in [2.24, 2.45) is 0 Å². The van der Waals surface area contributed by atoms with E-state index in [9.17, 15) is 14.4 Å². The molecule has 1 aliphatic rings. The Morgan fingerprint density at radius 3 is 2.66 bits per heavy atom. The molecule has 9 heteroatoms. The summed E-state index contributed by atoms with van der Waals surface area (Å²) in [6, 6.07) is 13.3. The molecule has 1 saturated carbocycles. The molecule has 4 aromatic rings. The van der Waals surface area contributed by atoms with Crippen molar-refractivity contribution >= 4 is 33.3 Å². The minimum atomic E-state index is -0.565. The Hall–Kier alpha value is -3.59. The van der Waals surface area contributed by atoms with Gasteiger partial charge in [0.2, 0.25) is 5.13 Å². The van der Waals surface area contributed by atoms with Gasteiger partial charge in [-0.25, -0.2) is 9.36 Å². The van der Waals surface area contributed by atoms with Gasteiger partial charge in [-0.1, -0.05) is 29.5 Å². The first-order valence-electron chi connectivity index (χ1n) is 9.09. The molecular weight excluding hydrogens is 390 g/mol. The summed E-state index contributed by atoms with van der Waals surface area (Å²) in [4.78, 5) is 40.6. The second-order valence-electron chi connectivity index (χ2n) is 6.84. The SMILES string of the molecule is O=C(Nc1nnc(C2CC2)s1)c1ccc2c(=O)n(-c3ccccc3)c(=O)[nH]c2c1. The molecule has 1 amide bonds. The molecule has 2 aromatic carbocycles. The fraction of sp³-hybridized carbons (Fsp3) is 0.150. The normalized spacial score (nSPS) is 13.5. The number of H-pyrrole nitrogens is 1. The van der Waals surface area contributed by atoms with Crippen LogP contribution in [-0.2, 0) is 0 Å². The zero-order chi connectivity index (χ0) is 20.0. The molecule has 5 rings (SSSR count). The number of nitrogens with zero attached hydrogens (tertiary/aromatic N) is 3. The molecule has 0 bridgehead atoms. The van der Waals surface area contributed by atoms with E-state index in [1.807, 2.05) is 0 Å². The van der Waals surface area contributed by atoms with E-state index in [-0.39, 0.29) is 5.91 Å². The molecule has 1 aliphatic carbocycles. The predicted molar refractivity (Wildman–Crippen MR) is 110 cm³/mol. The van der Waals surface area contributed by atoms with Gasteiger partial charge in [0.1, 0.15) is 5.01 Å². The first kappa shape index (κ1) is 17.5. The summed E-state index contributed by atoms with van der Waals surface area (Å²) >= 11 is 1.37. The molecule has 2 N–H and O–H groups in total. The monoisotopic (exact) mass is 405 g/mol. The molecule has 0 spiro atoms. The maximum atomic E-state index is 12.8. The van der Waals surface area contributed by atoms with Gasteiger partial charge in [-0.3, -0.25) is 14.9 Å². The lowest BCUT2D eigenvalue weighted by molar-refractivity contribution is 0.102. The minimum Gasteiger partial charge on any atom is -0.306 e. The summed E-state index contributed by atoms with van der Waals surface area (Å²) in [5.41, 5.74) is 0.0821. The molecule has 8 nitrogen and oxygen atoms in total. The molecule has 0 atom stereocenters. The Morgan fingerprint density at radius 2 is 1.90 bits per heavy atom. The Balaban J connectivity index is 1.49. The number of amides is 1. The number of benzene rings is 2. The highest BCUT2D eigenvalue weighted by Crippen LogP contribution is 2.42. The lowest BCUT2D eigenvalue weighted by Crippen LogP contribution is -2.33. The average molecular weight is 405 g/mol. The number of nitrogens with one attached hydrogen (secondary N) is 2. The fourth-order valence-corrected chi connectivity index (χ4v) is 4.03. The summed E-state index contributed by atoms with van der Waals surface area (Å²) in [5, 5.41) is 12.5. The molecule has 29 heavy (non-hydrogen) atoms. The van der Waals surface area contributed by atoms with Gasteiger partial charge in [0.25, 0.3) is 11.5 Å². The molecule has 0 radical (unpaired) electrons. The Kier molecular flexibility index (Phi) is 4.09. The van der Waals surface area contributed by atoms with Crippen LogP contribution in [0.2, 0.25) is 0 Å². The number of fused-ring (bicyclic) bond motifs is 1. The van der Waals surface area contributed by atoms with Gasteiger partial charge >= 0.3 is 5.69 Å². The van der Waals surface area contributed by atoms with Crippen LogP contribution < -0.4 is 16.6 Å². The molecule has 0 aliphatic heterocycles. The second kappa shape index (κ2) is 6.78. The maximum Gasteiger partial charge on any atom is 0.333 e. The third-order valence-corrected chi connectivity index (χ3v) is 5.76. The topological polar surface area (TPSA) is 110 Å². The van der Waals surface area contributed by atoms with Gasteiger partial charge in [-0.2, -0.15) is 0 Å². The van der Waals surface area contributed by atoms with Crippen molar-refractivity contribution in [3.8, 4) is 5.69 Å². The van der Waals surface area contributed by atoms with Crippen LogP contribution in [0.3, 0.4) is 0 Å². The highest BCUT2D eigenvalue weighted by Gasteiger charge is 2.27. The lowest BCUT2D eigenvalue weighted by atomic mass is 10.1. The van der Waals surface area contributed by atoms with E-state index < -0.39 is 11.2 Å². The van der Waals surface area contributed by atoms with Crippen molar-refractivity contribution in [3.63, 3.8) is 0 Å². The summed E-state index contributed by atoms with van der Waals surface area (Å²) in [6.07, 6.45) is 2.22. The number of anilines is 1. The molecular formula is C20H15N5O3S. The maximum absolute atomic E-state index is 12.8. The van der Waals surface area contributed by atoms with Crippen LogP contribution in [0.25, 0.3) is 16.6 Å². The van der Waals surface area contributed by atoms with Crippen LogP contribution in [0.4, 0.5) is 5.13 Å². The average Bonchev–Trinajstić information content (AvgIpc) is 3.47. The standard InChI is InChI=1S/C20H15N5O3S/c26-16(22-19-24-23-17(29-19)11-6-7-11)12-8-9-14-15(10-12)21-20(28)25(18(14)27)13-4-2-1-3-5-13/h1-5,8-11H,6-7H2,(H,21,28)(H,22,24,26). The largest absolute Gasteiger partial charge is 0.333 e. The number of aromatic nitrogens is 4. The van der Waals surface area contributed by atoms with E-state index >= 15 is 0 Å². The highest BCUT2D eigenvalue weighted by molar-refractivity contribution is 7.15. The predicted octanol–water partition coefficient (Wildman–Crippen LogP) is 2.66. The number of rotatable bonds is 4. The van der Waals surface area contributed by atoms with E-state index in [2.05, 4.69) is 20.5 Å². The van der Waals surface area contributed by atoms with Crippen molar-refractivity contribution in [3.05, 3.63) is 79.9 Å². The summed E-state index contributed by atoms with van der Waals surface area (Å²) < 4.78 is 1.07. The van der Waals surface area contributed by atoms with E-state index in [1.165, 1.54) is 23.5 Å². The first-order chi connectivity index (χ1) is 14.1. The zero-order valence-electron chi connectivity index (χ0n) is 15.1. The van der Waals surface area contributed by atoms with Gasteiger partial charge in [0.05, 0.1) is 16.6 Å². The minimum absolute atomic E-state index is 0.302. The van der Waals surface area contributed by atoms with Crippen molar-refractivity contribution in [1.82, 2.24) is 19.7 Å². The molecule has 2 heterocycles. The van der Waals surface area contributed by atoms with Gasteiger partial charge in [0, 0.05) is 11.5 Å². The van der Waals surface area contributed by atoms with Crippen LogP contribution in [-0.4, -0.2) is 25.7 Å². The van der Waals surface area contributed by atoms with E-state index in [0.29, 0.717) is 33.2 Å². The quantitative estimate of drug-likeness (QED) is 0.542. The van der Waals surface area contributed by atoms with E-state index in [0.717, 1.165) is 22.4 Å². The number of carbonyl (C=O) groups is 1. The van der Waals surface area contributed by atoms with Crippen LogP contribution in [0.1, 0.15) is 34.1 Å². The molecule has 0 unspecified atom stereocenters. The molecule has 1 fully saturated rings. The number of carbonyl (C=O) groups excluding carboxylic acids is 1. The molecule has 144 valence electrons. The Labute approximate surface area is 167 Å². The van der Waals surface area contributed by atoms with Crippen molar-refractivity contribution < 1.29 is 4.79 Å². The van der Waals surface area contributed by atoms with Crippen LogP contribution in [0.15, 0.2) is 58.1 Å².